The Labute approximate surface area is 134 Å². The summed E-state index contributed by atoms with van der Waals surface area (Å²) in [5.41, 5.74) is 0.541. The molecule has 9 heteroatoms. The number of nitro benzene ring substituents is 1. The summed E-state index contributed by atoms with van der Waals surface area (Å²) in [6, 6.07) is 5.73. The quantitative estimate of drug-likeness (QED) is 0.423. The molecule has 1 heterocycles. The van der Waals surface area contributed by atoms with Crippen molar-refractivity contribution in [3.05, 3.63) is 39.9 Å². The number of hydrogen-bond acceptors (Lipinski definition) is 7. The van der Waals surface area contributed by atoms with Crippen molar-refractivity contribution in [1.82, 2.24) is 0 Å². The second-order valence-electron chi connectivity index (χ2n) is 5.26. The molecule has 0 amide bonds. The number of nitro groups is 1. The van der Waals surface area contributed by atoms with Gasteiger partial charge in [0.15, 0.2) is 6.29 Å². The molecule has 1 aliphatic heterocycles. The lowest BCUT2D eigenvalue weighted by atomic mass is 10.1. The molecule has 0 aromatic heterocycles. The van der Waals surface area contributed by atoms with E-state index in [0.29, 0.717) is 18.6 Å². The maximum atomic E-state index is 11.2. The molecule has 0 aliphatic carbocycles. The number of hydrogen-bond donors (Lipinski definition) is 0. The summed E-state index contributed by atoms with van der Waals surface area (Å²) in [7, 11) is -3.62. The van der Waals surface area contributed by atoms with Crippen LogP contribution < -0.4 is 0 Å². The first-order valence-electron chi connectivity index (χ1n) is 7.21. The summed E-state index contributed by atoms with van der Waals surface area (Å²) in [6.07, 6.45) is 2.46. The number of rotatable bonds is 7. The van der Waals surface area contributed by atoms with Crippen molar-refractivity contribution in [2.45, 2.75) is 31.7 Å². The molecule has 0 spiro atoms. The molecule has 128 valence electrons. The fourth-order valence-corrected chi connectivity index (χ4v) is 2.58. The second kappa shape index (κ2) is 7.82. The largest absolute Gasteiger partial charge is 0.353 e. The van der Waals surface area contributed by atoms with Crippen LogP contribution in [0.25, 0.3) is 0 Å². The Morgan fingerprint density at radius 1 is 1.35 bits per heavy atom. The monoisotopic (exact) mass is 345 g/mol. The third-order valence-corrected chi connectivity index (χ3v) is 3.93. The molecule has 1 aromatic rings. The summed E-state index contributed by atoms with van der Waals surface area (Å²) in [5, 5.41) is 10.7. The molecule has 0 bridgehead atoms. The van der Waals surface area contributed by atoms with Crippen LogP contribution in [-0.4, -0.2) is 39.1 Å². The van der Waals surface area contributed by atoms with Crippen molar-refractivity contribution in [2.75, 3.05) is 19.5 Å². The van der Waals surface area contributed by atoms with Crippen molar-refractivity contribution < 1.29 is 27.0 Å². The van der Waals surface area contributed by atoms with Gasteiger partial charge in [0.05, 0.1) is 17.8 Å². The molecule has 1 aromatic carbocycles. The number of benzene rings is 1. The third-order valence-electron chi connectivity index (χ3n) is 3.36. The standard InChI is InChI=1S/C14H19NO7S/c1-23(18,19)21-10-13(22-14-4-2-3-9-20-14)11-5-7-12(8-6-11)15(16)17/h5-8,13-14H,2-4,9-10H2,1H3. The van der Waals surface area contributed by atoms with Gasteiger partial charge in [-0.2, -0.15) is 8.42 Å². The van der Waals surface area contributed by atoms with Gasteiger partial charge >= 0.3 is 0 Å². The van der Waals surface area contributed by atoms with E-state index in [9.17, 15) is 18.5 Å². The van der Waals surface area contributed by atoms with Crippen LogP contribution in [0.2, 0.25) is 0 Å². The van der Waals surface area contributed by atoms with Crippen molar-refractivity contribution >= 4 is 15.8 Å². The van der Waals surface area contributed by atoms with Gasteiger partial charge in [-0.15, -0.1) is 0 Å². The zero-order valence-corrected chi connectivity index (χ0v) is 13.5. The van der Waals surface area contributed by atoms with Gasteiger partial charge < -0.3 is 9.47 Å². The van der Waals surface area contributed by atoms with Crippen LogP contribution in [0.1, 0.15) is 30.9 Å². The summed E-state index contributed by atoms with van der Waals surface area (Å²) in [6.45, 7) is 0.376. The van der Waals surface area contributed by atoms with Crippen LogP contribution in [-0.2, 0) is 23.8 Å². The molecule has 2 rings (SSSR count). The molecular weight excluding hydrogens is 326 g/mol. The Balaban J connectivity index is 2.11. The van der Waals surface area contributed by atoms with E-state index in [1.54, 1.807) is 0 Å². The van der Waals surface area contributed by atoms with E-state index in [2.05, 4.69) is 0 Å². The van der Waals surface area contributed by atoms with Gasteiger partial charge in [0.25, 0.3) is 15.8 Å². The van der Waals surface area contributed by atoms with Crippen LogP contribution in [0.3, 0.4) is 0 Å². The molecule has 8 nitrogen and oxygen atoms in total. The third kappa shape index (κ3) is 5.87. The molecule has 1 aliphatic rings. The molecule has 1 saturated heterocycles. The van der Waals surface area contributed by atoms with E-state index in [1.165, 1.54) is 24.3 Å². The Morgan fingerprint density at radius 3 is 2.57 bits per heavy atom. The van der Waals surface area contributed by atoms with E-state index >= 15 is 0 Å². The van der Waals surface area contributed by atoms with Gasteiger partial charge in [0, 0.05) is 18.7 Å². The first kappa shape index (κ1) is 17.8. The molecule has 1 fully saturated rings. The van der Waals surface area contributed by atoms with E-state index in [4.69, 9.17) is 13.7 Å². The van der Waals surface area contributed by atoms with Crippen molar-refractivity contribution in [1.29, 1.82) is 0 Å². The Bertz CT molecular complexity index is 623. The minimum Gasteiger partial charge on any atom is -0.353 e. The number of non-ortho nitro benzene ring substituents is 1. The van der Waals surface area contributed by atoms with E-state index in [-0.39, 0.29) is 12.3 Å². The van der Waals surface area contributed by atoms with Gasteiger partial charge in [-0.05, 0) is 37.0 Å². The maximum absolute atomic E-state index is 11.2. The summed E-state index contributed by atoms with van der Waals surface area (Å²) in [4.78, 5) is 10.2. The summed E-state index contributed by atoms with van der Waals surface area (Å²) >= 11 is 0. The molecule has 0 radical (unpaired) electrons. The van der Waals surface area contributed by atoms with Gasteiger partial charge in [0.2, 0.25) is 0 Å². The Kier molecular flexibility index (Phi) is 6.05. The van der Waals surface area contributed by atoms with Crippen LogP contribution in [0, 0.1) is 10.1 Å². The maximum Gasteiger partial charge on any atom is 0.269 e. The van der Waals surface area contributed by atoms with Gasteiger partial charge in [-0.1, -0.05) is 0 Å². The molecule has 2 atom stereocenters. The van der Waals surface area contributed by atoms with E-state index in [1.807, 2.05) is 0 Å². The molecular formula is C14H19NO7S. The van der Waals surface area contributed by atoms with Crippen molar-refractivity contribution in [3.63, 3.8) is 0 Å². The zero-order valence-electron chi connectivity index (χ0n) is 12.7. The zero-order chi connectivity index (χ0) is 16.9. The van der Waals surface area contributed by atoms with E-state index < -0.39 is 27.4 Å². The lowest BCUT2D eigenvalue weighted by molar-refractivity contribution is -0.384. The normalized spacial score (nSPS) is 20.1. The van der Waals surface area contributed by atoms with Gasteiger partial charge in [-0.3, -0.25) is 14.3 Å². The fourth-order valence-electron chi connectivity index (χ4n) is 2.21. The average Bonchev–Trinajstić information content (AvgIpc) is 2.51. The highest BCUT2D eigenvalue weighted by molar-refractivity contribution is 7.85. The molecule has 2 unspecified atom stereocenters. The second-order valence-corrected chi connectivity index (χ2v) is 6.90. The number of ether oxygens (including phenoxy) is 2. The van der Waals surface area contributed by atoms with Crippen molar-refractivity contribution in [2.24, 2.45) is 0 Å². The minimum absolute atomic E-state index is 0.0505. The molecule has 0 saturated carbocycles. The van der Waals surface area contributed by atoms with Gasteiger partial charge in [-0.25, -0.2) is 0 Å². The molecule has 0 N–H and O–H groups in total. The highest BCUT2D eigenvalue weighted by Gasteiger charge is 2.23. The molecule has 23 heavy (non-hydrogen) atoms. The first-order valence-corrected chi connectivity index (χ1v) is 9.02. The van der Waals surface area contributed by atoms with Crippen LogP contribution in [0.5, 0.6) is 0 Å². The van der Waals surface area contributed by atoms with Crippen molar-refractivity contribution in [3.8, 4) is 0 Å². The first-order chi connectivity index (χ1) is 10.8. The number of nitrogens with zero attached hydrogens (tertiary/aromatic N) is 1. The average molecular weight is 345 g/mol. The Morgan fingerprint density at radius 2 is 2.04 bits per heavy atom. The summed E-state index contributed by atoms with van der Waals surface area (Å²) in [5.74, 6) is 0. The Hall–Kier alpha value is -1.55. The minimum atomic E-state index is -3.62. The van der Waals surface area contributed by atoms with Crippen LogP contribution in [0.15, 0.2) is 24.3 Å². The predicted molar refractivity (Wildman–Crippen MR) is 81.3 cm³/mol. The predicted octanol–water partition coefficient (Wildman–Crippen LogP) is 2.16. The van der Waals surface area contributed by atoms with Crippen LogP contribution in [0.4, 0.5) is 5.69 Å². The van der Waals surface area contributed by atoms with E-state index in [0.717, 1.165) is 19.1 Å². The smallest absolute Gasteiger partial charge is 0.269 e. The summed E-state index contributed by atoms with van der Waals surface area (Å²) < 4.78 is 38.5. The fraction of sp³-hybridized carbons (Fsp3) is 0.571. The highest BCUT2D eigenvalue weighted by atomic mass is 32.2. The lowest BCUT2D eigenvalue weighted by Crippen LogP contribution is -2.27. The van der Waals surface area contributed by atoms with Gasteiger partial charge in [0.1, 0.15) is 6.10 Å². The van der Waals surface area contributed by atoms with Crippen LogP contribution >= 0.6 is 0 Å². The lowest BCUT2D eigenvalue weighted by Gasteiger charge is -2.27. The highest BCUT2D eigenvalue weighted by Crippen LogP contribution is 2.26. The topological polar surface area (TPSA) is 105 Å². The SMILES string of the molecule is CS(=O)(=O)OCC(OC1CCCCO1)c1ccc([N+](=O)[O-])cc1.